The van der Waals surface area contributed by atoms with Gasteiger partial charge in [-0.05, 0) is 11.6 Å². The second-order valence-electron chi connectivity index (χ2n) is 3.82. The van der Waals surface area contributed by atoms with Crippen LogP contribution in [0.3, 0.4) is 0 Å². The number of carbonyl (C=O) groups is 2. The van der Waals surface area contributed by atoms with Crippen molar-refractivity contribution in [2.75, 3.05) is 7.11 Å². The average molecular weight is 262 g/mol. The lowest BCUT2D eigenvalue weighted by Gasteiger charge is -2.02. The summed E-state index contributed by atoms with van der Waals surface area (Å²) in [5, 5.41) is 3.96. The minimum Gasteiger partial charge on any atom is -0.468 e. The van der Waals surface area contributed by atoms with E-state index in [4.69, 9.17) is 0 Å². The first kappa shape index (κ1) is 12.9. The largest absolute Gasteiger partial charge is 0.468 e. The van der Waals surface area contributed by atoms with E-state index < -0.39 is 11.8 Å². The highest BCUT2D eigenvalue weighted by molar-refractivity contribution is 5.87. The highest BCUT2D eigenvalue weighted by Crippen LogP contribution is 2.23. The van der Waals surface area contributed by atoms with Crippen LogP contribution in [0, 0.1) is 5.82 Å². The Morgan fingerprint density at radius 2 is 2.32 bits per heavy atom. The van der Waals surface area contributed by atoms with Gasteiger partial charge in [-0.2, -0.15) is 5.10 Å². The first-order valence-corrected chi connectivity index (χ1v) is 5.49. The molecule has 5 nitrogen and oxygen atoms in total. The van der Waals surface area contributed by atoms with E-state index in [0.717, 1.165) is 0 Å². The second kappa shape index (κ2) is 5.43. The molecule has 1 aromatic heterocycles. The number of halogens is 1. The molecule has 6 heteroatoms. The van der Waals surface area contributed by atoms with E-state index in [1.165, 1.54) is 30.1 Å². The monoisotopic (exact) mass is 262 g/mol. The SMILES string of the molecule is COC(=O)Cn1cc(-c2cccc(F)c2C=O)cn1. The third-order valence-corrected chi connectivity index (χ3v) is 2.63. The average Bonchev–Trinajstić information content (AvgIpc) is 2.86. The van der Waals surface area contributed by atoms with Crippen molar-refractivity contribution in [1.29, 1.82) is 0 Å². The van der Waals surface area contributed by atoms with Gasteiger partial charge in [-0.15, -0.1) is 0 Å². The van der Waals surface area contributed by atoms with Gasteiger partial charge in [0, 0.05) is 11.8 Å². The number of nitrogens with zero attached hydrogens (tertiary/aromatic N) is 2. The zero-order chi connectivity index (χ0) is 13.8. The van der Waals surface area contributed by atoms with Crippen LogP contribution in [0.5, 0.6) is 0 Å². The van der Waals surface area contributed by atoms with Gasteiger partial charge in [0.25, 0.3) is 0 Å². The van der Waals surface area contributed by atoms with Gasteiger partial charge in [0.2, 0.25) is 0 Å². The number of aldehydes is 1. The molecule has 0 unspecified atom stereocenters. The third kappa shape index (κ3) is 2.67. The highest BCUT2D eigenvalue weighted by Gasteiger charge is 2.12. The molecule has 0 atom stereocenters. The molecular weight excluding hydrogens is 251 g/mol. The fourth-order valence-electron chi connectivity index (χ4n) is 1.69. The molecule has 0 N–H and O–H groups in total. The smallest absolute Gasteiger partial charge is 0.327 e. The van der Waals surface area contributed by atoms with Gasteiger partial charge < -0.3 is 4.74 Å². The molecule has 0 aliphatic carbocycles. The van der Waals surface area contributed by atoms with Crippen molar-refractivity contribution in [2.45, 2.75) is 6.54 Å². The number of benzene rings is 1. The van der Waals surface area contributed by atoms with Gasteiger partial charge in [0.1, 0.15) is 12.4 Å². The fourth-order valence-corrected chi connectivity index (χ4v) is 1.69. The Kier molecular flexibility index (Phi) is 3.70. The number of rotatable bonds is 4. The van der Waals surface area contributed by atoms with Crippen molar-refractivity contribution in [1.82, 2.24) is 9.78 Å². The molecule has 2 rings (SSSR count). The Bertz CT molecular complexity index is 622. The molecule has 0 aliphatic rings. The molecule has 0 aliphatic heterocycles. The summed E-state index contributed by atoms with van der Waals surface area (Å²) in [4.78, 5) is 22.0. The lowest BCUT2D eigenvalue weighted by atomic mass is 10.0. The van der Waals surface area contributed by atoms with Crippen LogP contribution in [0.15, 0.2) is 30.6 Å². The number of aromatic nitrogens is 2. The summed E-state index contributed by atoms with van der Waals surface area (Å²) in [7, 11) is 1.28. The molecule has 1 heterocycles. The van der Waals surface area contributed by atoms with Gasteiger partial charge in [-0.25, -0.2) is 4.39 Å². The molecular formula is C13H11FN2O3. The van der Waals surface area contributed by atoms with E-state index >= 15 is 0 Å². The summed E-state index contributed by atoms with van der Waals surface area (Å²) < 4.78 is 19.4. The molecule has 19 heavy (non-hydrogen) atoms. The molecule has 2 aromatic rings. The third-order valence-electron chi connectivity index (χ3n) is 2.63. The van der Waals surface area contributed by atoms with Crippen molar-refractivity contribution >= 4 is 12.3 Å². The number of carbonyl (C=O) groups excluding carboxylic acids is 2. The Morgan fingerprint density at radius 3 is 3.00 bits per heavy atom. The maximum Gasteiger partial charge on any atom is 0.327 e. The molecule has 1 aromatic carbocycles. The van der Waals surface area contributed by atoms with Crippen molar-refractivity contribution in [2.24, 2.45) is 0 Å². The van der Waals surface area contributed by atoms with Crippen LogP contribution in [-0.2, 0) is 16.1 Å². The summed E-state index contributed by atoms with van der Waals surface area (Å²) in [6.07, 6.45) is 3.48. The molecule has 0 saturated carbocycles. The Balaban J connectivity index is 2.35. The topological polar surface area (TPSA) is 61.2 Å². The number of methoxy groups -OCH3 is 1. The van der Waals surface area contributed by atoms with Gasteiger partial charge in [0.05, 0.1) is 18.9 Å². The zero-order valence-electron chi connectivity index (χ0n) is 10.2. The molecule has 98 valence electrons. The molecule has 0 bridgehead atoms. The predicted octanol–water partition coefficient (Wildman–Crippen LogP) is 1.67. The van der Waals surface area contributed by atoms with Crippen LogP contribution < -0.4 is 0 Å². The zero-order valence-corrected chi connectivity index (χ0v) is 10.2. The first-order chi connectivity index (χ1) is 9.15. The molecule has 0 amide bonds. The maximum atomic E-state index is 13.5. The van der Waals surface area contributed by atoms with E-state index in [0.29, 0.717) is 17.4 Å². The highest BCUT2D eigenvalue weighted by atomic mass is 19.1. The van der Waals surface area contributed by atoms with Crippen LogP contribution in [-0.4, -0.2) is 29.1 Å². The quantitative estimate of drug-likeness (QED) is 0.621. The van der Waals surface area contributed by atoms with Crippen molar-refractivity contribution in [3.05, 3.63) is 42.0 Å². The van der Waals surface area contributed by atoms with Gasteiger partial charge in [-0.3, -0.25) is 14.3 Å². The van der Waals surface area contributed by atoms with E-state index in [2.05, 4.69) is 9.84 Å². The van der Waals surface area contributed by atoms with Crippen LogP contribution in [0.4, 0.5) is 4.39 Å². The number of ether oxygens (including phenoxy) is 1. The van der Waals surface area contributed by atoms with Crippen molar-refractivity contribution in [3.8, 4) is 11.1 Å². The molecule has 0 spiro atoms. The predicted molar refractivity (Wildman–Crippen MR) is 65.0 cm³/mol. The maximum absolute atomic E-state index is 13.5. The van der Waals surface area contributed by atoms with E-state index in [9.17, 15) is 14.0 Å². The Labute approximate surface area is 108 Å². The summed E-state index contributed by atoms with van der Waals surface area (Å²) in [5.74, 6) is -1.03. The van der Waals surface area contributed by atoms with Crippen LogP contribution in [0.25, 0.3) is 11.1 Å². The standard InChI is InChI=1S/C13H11FN2O3/c1-19-13(18)7-16-6-9(5-15-16)10-3-2-4-12(14)11(10)8-17/h2-6,8H,7H2,1H3. The Hall–Kier alpha value is -2.50. The van der Waals surface area contributed by atoms with E-state index in [1.807, 2.05) is 0 Å². The van der Waals surface area contributed by atoms with Crippen LogP contribution >= 0.6 is 0 Å². The number of hydrogen-bond donors (Lipinski definition) is 0. The fraction of sp³-hybridized carbons (Fsp3) is 0.154. The van der Waals surface area contributed by atoms with Gasteiger partial charge in [-0.1, -0.05) is 12.1 Å². The first-order valence-electron chi connectivity index (χ1n) is 5.49. The van der Waals surface area contributed by atoms with Gasteiger partial charge >= 0.3 is 5.97 Å². The van der Waals surface area contributed by atoms with Crippen molar-refractivity contribution in [3.63, 3.8) is 0 Å². The second-order valence-corrected chi connectivity index (χ2v) is 3.82. The summed E-state index contributed by atoms with van der Waals surface area (Å²) >= 11 is 0. The normalized spacial score (nSPS) is 10.2. The lowest BCUT2D eigenvalue weighted by Crippen LogP contribution is -2.11. The minimum atomic E-state index is -0.590. The summed E-state index contributed by atoms with van der Waals surface area (Å²) in [5.41, 5.74) is 0.969. The summed E-state index contributed by atoms with van der Waals surface area (Å²) in [6.45, 7) is -0.0394. The molecule has 0 fully saturated rings. The lowest BCUT2D eigenvalue weighted by molar-refractivity contribution is -0.141. The van der Waals surface area contributed by atoms with Gasteiger partial charge in [0.15, 0.2) is 6.29 Å². The molecule has 0 radical (unpaired) electrons. The Morgan fingerprint density at radius 1 is 1.53 bits per heavy atom. The van der Waals surface area contributed by atoms with Crippen LogP contribution in [0.1, 0.15) is 10.4 Å². The van der Waals surface area contributed by atoms with Crippen molar-refractivity contribution < 1.29 is 18.7 Å². The number of hydrogen-bond acceptors (Lipinski definition) is 4. The molecule has 0 saturated heterocycles. The van der Waals surface area contributed by atoms with E-state index in [-0.39, 0.29) is 12.1 Å². The van der Waals surface area contributed by atoms with Crippen LogP contribution in [0.2, 0.25) is 0 Å². The van der Waals surface area contributed by atoms with E-state index in [1.54, 1.807) is 12.3 Å². The number of esters is 1. The minimum absolute atomic E-state index is 0.0277. The summed E-state index contributed by atoms with van der Waals surface area (Å²) in [6, 6.07) is 4.34.